The van der Waals surface area contributed by atoms with Crippen LogP contribution in [0.15, 0.2) is 152 Å². The van der Waals surface area contributed by atoms with Gasteiger partial charge in [0, 0.05) is 41.5 Å². The van der Waals surface area contributed by atoms with Crippen molar-refractivity contribution in [3.8, 4) is 0 Å². The lowest BCUT2D eigenvalue weighted by molar-refractivity contribution is -0.386. The van der Waals surface area contributed by atoms with Gasteiger partial charge in [0.2, 0.25) is 18.1 Å². The molecule has 0 saturated carbocycles. The van der Waals surface area contributed by atoms with Crippen molar-refractivity contribution in [1.29, 1.82) is 5.41 Å². The number of ether oxygens (including phenoxy) is 18. The van der Waals surface area contributed by atoms with E-state index in [0.717, 1.165) is 41.5 Å². The lowest BCUT2D eigenvalue weighted by Crippen LogP contribution is -2.71. The minimum absolute atomic E-state index is 0.00948. The molecule has 4 aliphatic heterocycles. The first-order chi connectivity index (χ1) is 50.5. The highest BCUT2D eigenvalue weighted by Gasteiger charge is 2.61. The van der Waals surface area contributed by atoms with E-state index in [0.29, 0.717) is 5.56 Å². The van der Waals surface area contributed by atoms with E-state index in [1.165, 1.54) is 86.6 Å². The Morgan fingerprint density at radius 3 is 1.14 bits per heavy atom. The number of rotatable bonds is 26. The number of amides is 1. The molecule has 5 aromatic carbocycles. The summed E-state index contributed by atoms with van der Waals surface area (Å²) < 4.78 is 111. The van der Waals surface area contributed by atoms with E-state index >= 15 is 0 Å². The highest BCUT2D eigenvalue weighted by atomic mass is 35.6. The molecule has 0 unspecified atom stereocenters. The third-order valence-corrected chi connectivity index (χ3v) is 17.0. The van der Waals surface area contributed by atoms with Crippen LogP contribution in [0, 0.1) is 5.41 Å². The summed E-state index contributed by atoms with van der Waals surface area (Å²) in [5.74, 6) is -11.0. The number of hydrogen-bond acceptors (Lipinski definition) is 29. The zero-order chi connectivity index (χ0) is 76.5. The smallest absolute Gasteiger partial charge is 0.338 e. The summed E-state index contributed by atoms with van der Waals surface area (Å²) in [6, 6.07) is 37.1. The maximum Gasteiger partial charge on any atom is 0.338 e. The molecule has 0 aliphatic carbocycles. The molecule has 0 spiro atoms. The van der Waals surface area contributed by atoms with Gasteiger partial charge in [-0.25, -0.2) is 19.2 Å². The average molecular weight is 1540 g/mol. The molecule has 9 rings (SSSR count). The number of carbonyl (C=O) groups is 10. The number of halogens is 3. The van der Waals surface area contributed by atoms with Gasteiger partial charge in [-0.3, -0.25) is 34.2 Å². The molecule has 30 nitrogen and oxygen atoms in total. The number of esters is 9. The average Bonchev–Trinajstić information content (AvgIpc) is 0.757. The molecule has 1 amide bonds. The van der Waals surface area contributed by atoms with Crippen molar-refractivity contribution in [1.82, 2.24) is 5.32 Å². The van der Waals surface area contributed by atoms with Gasteiger partial charge in [0.05, 0.1) is 41.1 Å². The molecule has 20 atom stereocenters. The standard InChI is InChI=1S/C73H77Cl3N2O28/c1-37-53(99-64(85)46-26-16-10-17-27-46)58(91-34-45-24-14-9-15-25-45)61(101-66(87)48-30-20-12-21-31-48)69(92-37)105-63-60(96-44(8)84)56(95-43(7)83)51(36-90-41(5)81)98-71(63)103-57-52(78-39(3)79)68(97-50(35-89-40(4)80)55(57)94-42(6)82)104-59-54(100-65(86)47-28-18-11-19-29-47)38(2)93-70(106-72(77)73(74,75)76)62(59)102-67(88)49-32-22-13-23-33-49/h9-33,37-38,50-63,68-71,77H,34-36H2,1-8H3,(H,78,79)/t37-,38-,50+,51+,52+,53-,54-,55+,56-,57+,58+,59+,60-,61+,62+,63+,68+,69-,70-,71+/m0/s1. The maximum absolute atomic E-state index is 14.7. The van der Waals surface area contributed by atoms with Crippen molar-refractivity contribution in [3.63, 3.8) is 0 Å². The molecule has 0 bridgehead atoms. The van der Waals surface area contributed by atoms with Gasteiger partial charge in [-0.15, -0.1) is 0 Å². The van der Waals surface area contributed by atoms with Crippen molar-refractivity contribution in [2.45, 2.75) is 189 Å². The summed E-state index contributed by atoms with van der Waals surface area (Å²) in [5, 5.41) is 11.4. The Bertz CT molecular complexity index is 3860. The Hall–Kier alpha value is -9.18. The molecule has 0 aromatic heterocycles. The van der Waals surface area contributed by atoms with Gasteiger partial charge in [-0.2, -0.15) is 0 Å². The Labute approximate surface area is 622 Å². The second-order valence-corrected chi connectivity index (χ2v) is 26.8. The van der Waals surface area contributed by atoms with Gasteiger partial charge in [0.25, 0.3) is 3.79 Å². The lowest BCUT2D eigenvalue weighted by atomic mass is 9.93. The number of hydrogen-bond donors (Lipinski definition) is 2. The van der Waals surface area contributed by atoms with Crippen LogP contribution < -0.4 is 5.32 Å². The summed E-state index contributed by atoms with van der Waals surface area (Å²) in [4.78, 5) is 139. The van der Waals surface area contributed by atoms with Crippen LogP contribution in [0.4, 0.5) is 0 Å². The van der Waals surface area contributed by atoms with Crippen LogP contribution in [0.2, 0.25) is 0 Å². The van der Waals surface area contributed by atoms with Gasteiger partial charge >= 0.3 is 53.7 Å². The van der Waals surface area contributed by atoms with Crippen molar-refractivity contribution in [3.05, 3.63) is 179 Å². The van der Waals surface area contributed by atoms with Gasteiger partial charge in [0.15, 0.2) is 67.7 Å². The molecule has 4 heterocycles. The van der Waals surface area contributed by atoms with Crippen LogP contribution in [0.5, 0.6) is 0 Å². The van der Waals surface area contributed by atoms with Crippen LogP contribution in [0.3, 0.4) is 0 Å². The maximum atomic E-state index is 14.7. The van der Waals surface area contributed by atoms with Crippen molar-refractivity contribution in [2.75, 3.05) is 13.2 Å². The van der Waals surface area contributed by atoms with Crippen LogP contribution in [-0.4, -0.2) is 205 Å². The normalized spacial score (nSPS) is 28.5. The van der Waals surface area contributed by atoms with Gasteiger partial charge < -0.3 is 90.6 Å². The molecule has 2 N–H and O–H groups in total. The molecule has 4 aliphatic rings. The summed E-state index contributed by atoms with van der Waals surface area (Å²) in [7, 11) is 0. The molecule has 4 fully saturated rings. The number of nitrogens with one attached hydrogen (secondary N) is 2. The summed E-state index contributed by atoms with van der Waals surface area (Å²) in [5.41, 5.74) is 0.590. The monoisotopic (exact) mass is 1530 g/mol. The Kier molecular flexibility index (Phi) is 28.5. The van der Waals surface area contributed by atoms with Crippen molar-refractivity contribution < 1.29 is 133 Å². The highest BCUT2D eigenvalue weighted by Crippen LogP contribution is 2.41. The summed E-state index contributed by atoms with van der Waals surface area (Å²) in [6.45, 7) is 6.99. The first kappa shape index (κ1) is 80.9. The van der Waals surface area contributed by atoms with Crippen molar-refractivity contribution in [2.24, 2.45) is 0 Å². The predicted octanol–water partition coefficient (Wildman–Crippen LogP) is 7.36. The molecule has 5 aromatic rings. The first-order valence-corrected chi connectivity index (χ1v) is 34.3. The van der Waals surface area contributed by atoms with Crippen LogP contribution >= 0.6 is 34.8 Å². The fourth-order valence-corrected chi connectivity index (χ4v) is 12.0. The molecular formula is C73H77Cl3N2O28. The fraction of sp³-hybridized carbons (Fsp3) is 0.438. The van der Waals surface area contributed by atoms with Crippen LogP contribution in [-0.2, 0) is 121 Å². The Morgan fingerprint density at radius 2 is 0.726 bits per heavy atom. The molecule has 0 radical (unpaired) electrons. The van der Waals surface area contributed by atoms with E-state index < -0.39 is 205 Å². The fourth-order valence-electron chi connectivity index (χ4n) is 11.9. The van der Waals surface area contributed by atoms with Gasteiger partial charge in [-0.05, 0) is 67.9 Å². The van der Waals surface area contributed by atoms with Crippen molar-refractivity contribution >= 4 is 100 Å². The molecular weight excluding hydrogens is 1460 g/mol. The van der Waals surface area contributed by atoms with E-state index in [-0.39, 0.29) is 28.9 Å². The summed E-state index contributed by atoms with van der Waals surface area (Å²) in [6.07, 6.45) is -35.6. The largest absolute Gasteiger partial charge is 0.463 e. The van der Waals surface area contributed by atoms with E-state index in [2.05, 4.69) is 5.32 Å². The number of benzene rings is 5. The molecule has 568 valence electrons. The quantitative estimate of drug-likeness (QED) is 0.0179. The zero-order valence-electron chi connectivity index (χ0n) is 58.2. The second kappa shape index (κ2) is 37.4. The predicted molar refractivity (Wildman–Crippen MR) is 365 cm³/mol. The molecule has 4 saturated heterocycles. The third kappa shape index (κ3) is 21.8. The SMILES string of the molecule is CC(=O)N[C@H]1[C@@H](O[C@@H]2[C@@H](OC(=O)c3ccccc3)[C@H](C)O[C@@H](OC(=N)C(Cl)(Cl)Cl)[C@@H]2OC(=O)c2ccccc2)O[C@H](COC(C)=O)[C@@H](OC(C)=O)[C@@H]1O[C@H]1O[C@H](COC(C)=O)[C@H](OC(C)=O)[C@H](OC(C)=O)[C@H]1O[C@@H]1O[C@@H](C)[C@H](OC(=O)c2ccccc2)[C@@H](OCc2ccccc2)[C@H]1OC(=O)c1ccccc1. The Balaban J connectivity index is 1.23. The van der Waals surface area contributed by atoms with E-state index in [9.17, 15) is 47.9 Å². The van der Waals surface area contributed by atoms with Crippen LogP contribution in [0.25, 0.3) is 0 Å². The number of carbonyl (C=O) groups excluding carboxylic acids is 10. The van der Waals surface area contributed by atoms with E-state index in [1.807, 2.05) is 0 Å². The zero-order valence-corrected chi connectivity index (χ0v) is 60.4. The third-order valence-electron chi connectivity index (χ3n) is 16.5. The van der Waals surface area contributed by atoms with E-state index in [4.69, 9.17) is 125 Å². The van der Waals surface area contributed by atoms with Gasteiger partial charge in [-0.1, -0.05) is 138 Å². The van der Waals surface area contributed by atoms with Gasteiger partial charge in [0.1, 0.15) is 49.8 Å². The molecule has 33 heteroatoms. The first-order valence-electron chi connectivity index (χ1n) is 33.2. The number of alkyl halides is 3. The topological polar surface area (TPSA) is 373 Å². The Morgan fingerprint density at radius 1 is 0.377 bits per heavy atom. The molecule has 106 heavy (non-hydrogen) atoms. The highest BCUT2D eigenvalue weighted by molar-refractivity contribution is 6.76. The minimum Gasteiger partial charge on any atom is -0.463 e. The minimum atomic E-state index is -2.60. The summed E-state index contributed by atoms with van der Waals surface area (Å²) >= 11 is 18.5. The van der Waals surface area contributed by atoms with E-state index in [1.54, 1.807) is 78.9 Å². The van der Waals surface area contributed by atoms with Crippen LogP contribution in [0.1, 0.15) is 102 Å². The second-order valence-electron chi connectivity index (χ2n) is 24.5. The lowest BCUT2D eigenvalue weighted by Gasteiger charge is -2.52.